The maximum Gasteiger partial charge on any atom is 0.339 e. The van der Waals surface area contributed by atoms with Gasteiger partial charge in [0.1, 0.15) is 5.56 Å². The second kappa shape index (κ2) is 5.03. The number of carboxylic acid groups (broad SMARTS) is 1. The van der Waals surface area contributed by atoms with Gasteiger partial charge in [0.25, 0.3) is 0 Å². The van der Waals surface area contributed by atoms with Crippen LogP contribution in [0, 0.1) is 6.92 Å². The first-order chi connectivity index (χ1) is 8.61. The van der Waals surface area contributed by atoms with Crippen LogP contribution in [0.1, 0.15) is 35.1 Å². The molecule has 0 bridgehead atoms. The quantitative estimate of drug-likeness (QED) is 0.871. The lowest BCUT2D eigenvalue weighted by Crippen LogP contribution is -2.07. The molecule has 0 fully saturated rings. The standard InChI is InChI=1S/C12H16N4O2/c1-3-4-15-8-13-5-10(15)6-16-7-11(12(17)18)9(2)14-16/h5,7-8H,3-4,6H2,1-2H3,(H,17,18). The van der Waals surface area contributed by atoms with Crippen molar-refractivity contribution in [2.24, 2.45) is 0 Å². The average molecular weight is 248 g/mol. The summed E-state index contributed by atoms with van der Waals surface area (Å²) in [5.41, 5.74) is 1.80. The van der Waals surface area contributed by atoms with Crippen LogP contribution in [-0.2, 0) is 13.1 Å². The molecule has 6 nitrogen and oxygen atoms in total. The summed E-state index contributed by atoms with van der Waals surface area (Å²) in [4.78, 5) is 15.0. The van der Waals surface area contributed by atoms with E-state index in [2.05, 4.69) is 21.6 Å². The number of aryl methyl sites for hydroxylation is 2. The van der Waals surface area contributed by atoms with Gasteiger partial charge in [0, 0.05) is 12.7 Å². The first kappa shape index (κ1) is 12.3. The van der Waals surface area contributed by atoms with Crippen LogP contribution < -0.4 is 0 Å². The van der Waals surface area contributed by atoms with Crippen LogP contribution in [0.4, 0.5) is 0 Å². The van der Waals surface area contributed by atoms with E-state index in [1.54, 1.807) is 30.3 Å². The summed E-state index contributed by atoms with van der Waals surface area (Å²) in [7, 11) is 0. The van der Waals surface area contributed by atoms with E-state index in [1.807, 2.05) is 0 Å². The van der Waals surface area contributed by atoms with Crippen LogP contribution in [0.15, 0.2) is 18.7 Å². The van der Waals surface area contributed by atoms with Gasteiger partial charge >= 0.3 is 5.97 Å². The molecule has 1 N–H and O–H groups in total. The molecule has 0 spiro atoms. The summed E-state index contributed by atoms with van der Waals surface area (Å²) in [6, 6.07) is 0. The zero-order chi connectivity index (χ0) is 13.1. The molecule has 0 saturated carbocycles. The molecule has 0 aromatic carbocycles. The number of hydrogen-bond donors (Lipinski definition) is 1. The predicted octanol–water partition coefficient (Wildman–Crippen LogP) is 1.54. The molecule has 6 heteroatoms. The number of nitrogens with zero attached hydrogens (tertiary/aromatic N) is 4. The number of carbonyl (C=O) groups is 1. The largest absolute Gasteiger partial charge is 0.478 e. The summed E-state index contributed by atoms with van der Waals surface area (Å²) in [5, 5.41) is 13.2. The second-order valence-electron chi connectivity index (χ2n) is 4.21. The minimum atomic E-state index is -0.944. The van der Waals surface area contributed by atoms with E-state index in [0.717, 1.165) is 18.7 Å². The molecule has 0 amide bonds. The summed E-state index contributed by atoms with van der Waals surface area (Å²) < 4.78 is 3.69. The van der Waals surface area contributed by atoms with Gasteiger partial charge in [-0.1, -0.05) is 6.92 Å². The summed E-state index contributed by atoms with van der Waals surface area (Å²) >= 11 is 0. The van der Waals surface area contributed by atoms with Gasteiger partial charge in [-0.25, -0.2) is 9.78 Å². The third-order valence-electron chi connectivity index (χ3n) is 2.76. The highest BCUT2D eigenvalue weighted by Crippen LogP contribution is 2.08. The highest BCUT2D eigenvalue weighted by Gasteiger charge is 2.12. The van der Waals surface area contributed by atoms with Crippen LogP contribution in [0.3, 0.4) is 0 Å². The lowest BCUT2D eigenvalue weighted by Gasteiger charge is -2.06. The SMILES string of the molecule is CCCn1cncc1Cn1cc(C(=O)O)c(C)n1. The van der Waals surface area contributed by atoms with Crippen LogP contribution in [-0.4, -0.2) is 30.4 Å². The summed E-state index contributed by atoms with van der Waals surface area (Å²) in [5.74, 6) is -0.944. The summed E-state index contributed by atoms with van der Waals surface area (Å²) in [6.45, 7) is 5.24. The first-order valence-electron chi connectivity index (χ1n) is 5.88. The fourth-order valence-corrected chi connectivity index (χ4v) is 1.90. The van der Waals surface area contributed by atoms with Crippen molar-refractivity contribution in [1.29, 1.82) is 0 Å². The zero-order valence-electron chi connectivity index (χ0n) is 10.5. The zero-order valence-corrected chi connectivity index (χ0v) is 10.5. The fraction of sp³-hybridized carbons (Fsp3) is 0.417. The normalized spacial score (nSPS) is 10.8. The van der Waals surface area contributed by atoms with Crippen molar-refractivity contribution in [3.63, 3.8) is 0 Å². The fourth-order valence-electron chi connectivity index (χ4n) is 1.90. The van der Waals surface area contributed by atoms with Crippen LogP contribution >= 0.6 is 0 Å². The molecule has 18 heavy (non-hydrogen) atoms. The van der Waals surface area contributed by atoms with Gasteiger partial charge in [-0.2, -0.15) is 5.10 Å². The van der Waals surface area contributed by atoms with Crippen molar-refractivity contribution < 1.29 is 9.90 Å². The predicted molar refractivity (Wildman–Crippen MR) is 65.5 cm³/mol. The Morgan fingerprint density at radius 2 is 2.28 bits per heavy atom. The van der Waals surface area contributed by atoms with Gasteiger partial charge in [0.05, 0.1) is 30.5 Å². The Balaban J connectivity index is 2.21. The van der Waals surface area contributed by atoms with Gasteiger partial charge in [0.15, 0.2) is 0 Å². The molecule has 2 aromatic rings. The van der Waals surface area contributed by atoms with Crippen molar-refractivity contribution >= 4 is 5.97 Å². The average Bonchev–Trinajstić information content (AvgIpc) is 2.87. The molecule has 0 unspecified atom stereocenters. The van der Waals surface area contributed by atoms with E-state index in [9.17, 15) is 4.79 Å². The van der Waals surface area contributed by atoms with Crippen molar-refractivity contribution in [2.45, 2.75) is 33.4 Å². The van der Waals surface area contributed by atoms with Crippen molar-refractivity contribution in [2.75, 3.05) is 0 Å². The molecule has 2 aromatic heterocycles. The summed E-state index contributed by atoms with van der Waals surface area (Å²) in [6.07, 6.45) is 6.16. The second-order valence-corrected chi connectivity index (χ2v) is 4.21. The van der Waals surface area contributed by atoms with Gasteiger partial charge in [0.2, 0.25) is 0 Å². The maximum absolute atomic E-state index is 10.9. The maximum atomic E-state index is 10.9. The van der Waals surface area contributed by atoms with Gasteiger partial charge in [-0.05, 0) is 13.3 Å². The van der Waals surface area contributed by atoms with E-state index in [4.69, 9.17) is 5.11 Å². The van der Waals surface area contributed by atoms with Gasteiger partial charge in [-0.15, -0.1) is 0 Å². The van der Waals surface area contributed by atoms with Crippen LogP contribution in [0.2, 0.25) is 0 Å². The van der Waals surface area contributed by atoms with E-state index in [1.165, 1.54) is 0 Å². The lowest BCUT2D eigenvalue weighted by atomic mass is 10.3. The number of hydrogen-bond acceptors (Lipinski definition) is 3. The smallest absolute Gasteiger partial charge is 0.339 e. The lowest BCUT2D eigenvalue weighted by molar-refractivity contribution is 0.0696. The van der Waals surface area contributed by atoms with Crippen molar-refractivity contribution in [3.05, 3.63) is 35.7 Å². The minimum Gasteiger partial charge on any atom is -0.478 e. The number of aromatic nitrogens is 4. The number of rotatable bonds is 5. The molecular weight excluding hydrogens is 232 g/mol. The third kappa shape index (κ3) is 2.42. The third-order valence-corrected chi connectivity index (χ3v) is 2.76. The topological polar surface area (TPSA) is 72.9 Å². The highest BCUT2D eigenvalue weighted by atomic mass is 16.4. The Bertz CT molecular complexity index is 556. The number of aromatic carboxylic acids is 1. The highest BCUT2D eigenvalue weighted by molar-refractivity contribution is 5.88. The molecule has 0 aliphatic carbocycles. The van der Waals surface area contributed by atoms with E-state index in [-0.39, 0.29) is 5.56 Å². The molecule has 0 aliphatic heterocycles. The molecule has 2 heterocycles. The van der Waals surface area contributed by atoms with E-state index in [0.29, 0.717) is 12.2 Å². The Morgan fingerprint density at radius 3 is 2.89 bits per heavy atom. The molecule has 0 radical (unpaired) electrons. The minimum absolute atomic E-state index is 0.247. The number of carboxylic acids is 1. The molecular formula is C12H16N4O2. The van der Waals surface area contributed by atoms with Crippen LogP contribution in [0.5, 0.6) is 0 Å². The number of imidazole rings is 1. The Hall–Kier alpha value is -2.11. The first-order valence-corrected chi connectivity index (χ1v) is 5.88. The Kier molecular flexibility index (Phi) is 3.45. The monoisotopic (exact) mass is 248 g/mol. The van der Waals surface area contributed by atoms with Crippen LogP contribution in [0.25, 0.3) is 0 Å². The van der Waals surface area contributed by atoms with E-state index >= 15 is 0 Å². The van der Waals surface area contributed by atoms with Crippen molar-refractivity contribution in [1.82, 2.24) is 19.3 Å². The Morgan fingerprint density at radius 1 is 1.50 bits per heavy atom. The van der Waals surface area contributed by atoms with Crippen molar-refractivity contribution in [3.8, 4) is 0 Å². The van der Waals surface area contributed by atoms with Gasteiger partial charge < -0.3 is 9.67 Å². The molecule has 2 rings (SSSR count). The molecule has 0 aliphatic rings. The Labute approximate surface area is 105 Å². The van der Waals surface area contributed by atoms with E-state index < -0.39 is 5.97 Å². The molecule has 0 saturated heterocycles. The molecule has 96 valence electrons. The molecule has 0 atom stereocenters. The van der Waals surface area contributed by atoms with Gasteiger partial charge in [-0.3, -0.25) is 4.68 Å².